The Labute approximate surface area is 119 Å². The summed E-state index contributed by atoms with van der Waals surface area (Å²) in [4.78, 5) is 0. The molecule has 0 bridgehead atoms. The highest BCUT2D eigenvalue weighted by molar-refractivity contribution is 5.26. The monoisotopic (exact) mass is 276 g/mol. The quantitative estimate of drug-likeness (QED) is 0.911. The first-order valence-corrected chi connectivity index (χ1v) is 6.98. The molecule has 1 unspecified atom stereocenters. The van der Waals surface area contributed by atoms with Gasteiger partial charge in [0.2, 0.25) is 0 Å². The Morgan fingerprint density at radius 2 is 2.05 bits per heavy atom. The van der Waals surface area contributed by atoms with Crippen LogP contribution in [-0.2, 0) is 25.5 Å². The van der Waals surface area contributed by atoms with E-state index in [4.69, 9.17) is 0 Å². The summed E-state index contributed by atoms with van der Waals surface area (Å²) in [5, 5.41) is 15.3. The molecule has 20 heavy (non-hydrogen) atoms. The van der Waals surface area contributed by atoms with Crippen molar-refractivity contribution >= 4 is 0 Å². The Morgan fingerprint density at radius 3 is 2.60 bits per heavy atom. The van der Waals surface area contributed by atoms with Gasteiger partial charge in [0.05, 0.1) is 11.3 Å². The molecule has 0 amide bonds. The third-order valence-electron chi connectivity index (χ3n) is 3.81. The van der Waals surface area contributed by atoms with Gasteiger partial charge in [0.15, 0.2) is 0 Å². The van der Waals surface area contributed by atoms with Crippen LogP contribution in [-0.4, -0.2) is 14.9 Å². The fourth-order valence-corrected chi connectivity index (χ4v) is 2.42. The number of rotatable bonds is 5. The average Bonchev–Trinajstić information content (AvgIpc) is 2.79. The van der Waals surface area contributed by atoms with E-state index in [-0.39, 0.29) is 5.82 Å². The van der Waals surface area contributed by atoms with Crippen LogP contribution in [0.1, 0.15) is 37.2 Å². The molecule has 4 heteroatoms. The zero-order chi connectivity index (χ0) is 14.8. The fraction of sp³-hybridized carbons (Fsp3) is 0.438. The Kier molecular flexibility index (Phi) is 4.23. The van der Waals surface area contributed by atoms with E-state index in [9.17, 15) is 9.50 Å². The second kappa shape index (κ2) is 5.75. The maximum Gasteiger partial charge on any atom is 0.123 e. The summed E-state index contributed by atoms with van der Waals surface area (Å²) in [6.45, 7) is 3.95. The zero-order valence-corrected chi connectivity index (χ0v) is 12.2. The summed E-state index contributed by atoms with van der Waals surface area (Å²) < 4.78 is 15.2. The van der Waals surface area contributed by atoms with Gasteiger partial charge < -0.3 is 5.11 Å². The normalized spacial score (nSPS) is 14.2. The molecule has 0 saturated heterocycles. The molecular weight excluding hydrogens is 255 g/mol. The molecule has 0 aliphatic rings. The number of aromatic nitrogens is 2. The predicted molar refractivity (Wildman–Crippen MR) is 76.9 cm³/mol. The number of aryl methyl sites for hydroxylation is 2. The molecule has 3 nitrogen and oxygen atoms in total. The first-order valence-electron chi connectivity index (χ1n) is 6.98. The Morgan fingerprint density at radius 1 is 1.30 bits per heavy atom. The van der Waals surface area contributed by atoms with Crippen LogP contribution in [0.25, 0.3) is 0 Å². The molecule has 1 aromatic carbocycles. The summed E-state index contributed by atoms with van der Waals surface area (Å²) in [7, 11) is 1.87. The van der Waals surface area contributed by atoms with Crippen molar-refractivity contribution in [2.45, 2.75) is 38.7 Å². The van der Waals surface area contributed by atoms with Gasteiger partial charge in [-0.2, -0.15) is 5.10 Å². The lowest BCUT2D eigenvalue weighted by Crippen LogP contribution is -2.28. The van der Waals surface area contributed by atoms with Gasteiger partial charge in [-0.1, -0.05) is 26.0 Å². The van der Waals surface area contributed by atoms with E-state index in [0.717, 1.165) is 17.8 Å². The molecule has 108 valence electrons. The largest absolute Gasteiger partial charge is 0.385 e. The molecule has 2 aromatic rings. The minimum absolute atomic E-state index is 0.325. The van der Waals surface area contributed by atoms with Gasteiger partial charge in [-0.25, -0.2) is 4.39 Å². The molecule has 1 aromatic heterocycles. The zero-order valence-electron chi connectivity index (χ0n) is 12.2. The second-order valence-electron chi connectivity index (χ2n) is 5.18. The van der Waals surface area contributed by atoms with Crippen LogP contribution in [0.3, 0.4) is 0 Å². The van der Waals surface area contributed by atoms with Crippen molar-refractivity contribution in [2.24, 2.45) is 7.05 Å². The van der Waals surface area contributed by atoms with Gasteiger partial charge in [0.25, 0.3) is 0 Å². The first kappa shape index (κ1) is 14.7. The fourth-order valence-electron chi connectivity index (χ4n) is 2.42. The minimum Gasteiger partial charge on any atom is -0.385 e. The third-order valence-corrected chi connectivity index (χ3v) is 3.81. The number of benzene rings is 1. The van der Waals surface area contributed by atoms with Gasteiger partial charge >= 0.3 is 0 Å². The number of hydrogen-bond donors (Lipinski definition) is 1. The molecule has 0 radical (unpaired) electrons. The first-order chi connectivity index (χ1) is 9.48. The van der Waals surface area contributed by atoms with E-state index < -0.39 is 5.60 Å². The second-order valence-corrected chi connectivity index (χ2v) is 5.18. The van der Waals surface area contributed by atoms with E-state index in [1.807, 2.05) is 27.0 Å². The lowest BCUT2D eigenvalue weighted by atomic mass is 9.86. The standard InChI is InChI=1S/C16H21FN2O/c1-4-14-10-15(19(3)18-14)11-16(20,5-2)12-7-6-8-13(17)9-12/h6-10,20H,4-5,11H2,1-3H3. The number of halogens is 1. The van der Waals surface area contributed by atoms with Crippen molar-refractivity contribution in [1.82, 2.24) is 9.78 Å². The van der Waals surface area contributed by atoms with Crippen LogP contribution in [0.15, 0.2) is 30.3 Å². The van der Waals surface area contributed by atoms with E-state index in [1.54, 1.807) is 16.8 Å². The highest BCUT2D eigenvalue weighted by Gasteiger charge is 2.29. The highest BCUT2D eigenvalue weighted by Crippen LogP contribution is 2.29. The van der Waals surface area contributed by atoms with Crippen LogP contribution in [0.4, 0.5) is 4.39 Å². The summed E-state index contributed by atoms with van der Waals surface area (Å²) in [6, 6.07) is 8.19. The van der Waals surface area contributed by atoms with Crippen molar-refractivity contribution in [3.05, 3.63) is 53.1 Å². The molecule has 1 atom stereocenters. The van der Waals surface area contributed by atoms with Crippen molar-refractivity contribution < 1.29 is 9.50 Å². The molecule has 0 aliphatic carbocycles. The van der Waals surface area contributed by atoms with Crippen LogP contribution in [0.2, 0.25) is 0 Å². The van der Waals surface area contributed by atoms with Crippen molar-refractivity contribution in [2.75, 3.05) is 0 Å². The molecule has 0 fully saturated rings. The summed E-state index contributed by atoms with van der Waals surface area (Å²) >= 11 is 0. The van der Waals surface area contributed by atoms with E-state index in [1.165, 1.54) is 12.1 Å². The molecule has 0 saturated carbocycles. The van der Waals surface area contributed by atoms with Gasteiger partial charge in [0, 0.05) is 19.2 Å². The van der Waals surface area contributed by atoms with Gasteiger partial charge in [-0.15, -0.1) is 0 Å². The third kappa shape index (κ3) is 2.90. The molecule has 2 rings (SSSR count). The van der Waals surface area contributed by atoms with Gasteiger partial charge in [-0.3, -0.25) is 4.68 Å². The lowest BCUT2D eigenvalue weighted by molar-refractivity contribution is 0.0306. The topological polar surface area (TPSA) is 38.0 Å². The average molecular weight is 276 g/mol. The molecular formula is C16H21FN2O. The minimum atomic E-state index is -1.07. The molecule has 1 heterocycles. The van der Waals surface area contributed by atoms with Crippen molar-refractivity contribution in [3.63, 3.8) is 0 Å². The van der Waals surface area contributed by atoms with Crippen molar-refractivity contribution in [1.29, 1.82) is 0 Å². The van der Waals surface area contributed by atoms with E-state index in [0.29, 0.717) is 18.4 Å². The van der Waals surface area contributed by atoms with Crippen LogP contribution >= 0.6 is 0 Å². The predicted octanol–water partition coefficient (Wildman–Crippen LogP) is 2.96. The number of aliphatic hydroxyl groups is 1. The Balaban J connectivity index is 2.33. The molecule has 0 aliphatic heterocycles. The van der Waals surface area contributed by atoms with Crippen LogP contribution < -0.4 is 0 Å². The Bertz CT molecular complexity index is 594. The molecule has 1 N–H and O–H groups in total. The number of nitrogens with zero attached hydrogens (tertiary/aromatic N) is 2. The smallest absolute Gasteiger partial charge is 0.123 e. The maximum atomic E-state index is 13.4. The van der Waals surface area contributed by atoms with Crippen LogP contribution in [0.5, 0.6) is 0 Å². The highest BCUT2D eigenvalue weighted by atomic mass is 19.1. The summed E-state index contributed by atoms with van der Waals surface area (Å²) in [5.74, 6) is -0.325. The van der Waals surface area contributed by atoms with E-state index >= 15 is 0 Å². The van der Waals surface area contributed by atoms with E-state index in [2.05, 4.69) is 5.10 Å². The summed E-state index contributed by atoms with van der Waals surface area (Å²) in [5.41, 5.74) is 1.50. The SMILES string of the molecule is CCc1cc(CC(O)(CC)c2cccc(F)c2)n(C)n1. The molecule has 0 spiro atoms. The van der Waals surface area contributed by atoms with Gasteiger partial charge in [-0.05, 0) is 36.6 Å². The number of hydrogen-bond acceptors (Lipinski definition) is 2. The maximum absolute atomic E-state index is 13.4. The van der Waals surface area contributed by atoms with Crippen molar-refractivity contribution in [3.8, 4) is 0 Å². The lowest BCUT2D eigenvalue weighted by Gasteiger charge is -2.27. The van der Waals surface area contributed by atoms with Crippen LogP contribution in [0, 0.1) is 5.82 Å². The van der Waals surface area contributed by atoms with Gasteiger partial charge in [0.1, 0.15) is 5.82 Å². The Hall–Kier alpha value is -1.68. The summed E-state index contributed by atoms with van der Waals surface area (Å²) in [6.07, 6.45) is 1.80.